The van der Waals surface area contributed by atoms with Crippen molar-refractivity contribution in [2.45, 2.75) is 70.1 Å². The first-order valence-corrected chi connectivity index (χ1v) is 22.8. The maximum atomic E-state index is 13.8. The number of pyridine rings is 2. The fraction of sp³-hybridized carbons (Fsp3) is 0.256. The van der Waals surface area contributed by atoms with E-state index in [0.29, 0.717) is 40.0 Å². The van der Waals surface area contributed by atoms with Crippen molar-refractivity contribution in [2.75, 3.05) is 23.8 Å². The van der Waals surface area contributed by atoms with Crippen molar-refractivity contribution in [3.63, 3.8) is 0 Å². The summed E-state index contributed by atoms with van der Waals surface area (Å²) >= 11 is 0. The molecular formula is C43H51FN10O11S2. The van der Waals surface area contributed by atoms with Crippen LogP contribution < -0.4 is 37.0 Å². The summed E-state index contributed by atoms with van der Waals surface area (Å²) in [6.45, 7) is 4.82. The van der Waals surface area contributed by atoms with Crippen molar-refractivity contribution in [3.05, 3.63) is 141 Å². The highest BCUT2D eigenvalue weighted by Gasteiger charge is 2.29. The van der Waals surface area contributed by atoms with Gasteiger partial charge in [0, 0.05) is 50.5 Å². The molecule has 24 heteroatoms. The van der Waals surface area contributed by atoms with Gasteiger partial charge in [-0.1, -0.05) is 49.4 Å². The quantitative estimate of drug-likeness (QED) is 0.0229. The lowest BCUT2D eigenvalue weighted by atomic mass is 10.1. The lowest BCUT2D eigenvalue weighted by molar-refractivity contribution is -0.138. The van der Waals surface area contributed by atoms with E-state index in [4.69, 9.17) is 4.72 Å². The van der Waals surface area contributed by atoms with Crippen LogP contribution in [-0.2, 0) is 44.6 Å². The summed E-state index contributed by atoms with van der Waals surface area (Å²) in [5.41, 5.74) is 7.89. The fourth-order valence-electron chi connectivity index (χ4n) is 7.09. The number of carboxylic acid groups (broad SMARTS) is 1. The molecule has 9 N–H and O–H groups in total. The second-order valence-corrected chi connectivity index (χ2v) is 18.0. The third kappa shape index (κ3) is 13.0. The van der Waals surface area contributed by atoms with Gasteiger partial charge < -0.3 is 36.3 Å². The summed E-state index contributed by atoms with van der Waals surface area (Å²) in [5, 5.41) is 28.2. The number of hydrogen-bond acceptors (Lipinski definition) is 14. The fourth-order valence-corrected chi connectivity index (χ4v) is 9.45. The number of fused-ring (bicyclic) bond motifs is 1. The van der Waals surface area contributed by atoms with E-state index in [2.05, 4.69) is 42.9 Å². The number of rotatable bonds is 20. The summed E-state index contributed by atoms with van der Waals surface area (Å²) < 4.78 is 77.1. The van der Waals surface area contributed by atoms with Crippen molar-refractivity contribution in [1.82, 2.24) is 40.0 Å². The van der Waals surface area contributed by atoms with Crippen LogP contribution in [0, 0.1) is 20.8 Å². The molecule has 0 aliphatic heterocycles. The molecule has 0 spiro atoms. The van der Waals surface area contributed by atoms with Gasteiger partial charge in [0.1, 0.15) is 17.4 Å². The van der Waals surface area contributed by atoms with Gasteiger partial charge in [0.25, 0.3) is 23.4 Å². The summed E-state index contributed by atoms with van der Waals surface area (Å²) in [6, 6.07) is 15.4. The second kappa shape index (κ2) is 22.3. The molecule has 0 aliphatic carbocycles. The molecule has 3 heterocycles. The number of sulfonamides is 1. The predicted octanol–water partition coefficient (Wildman–Crippen LogP) is 3.50. The van der Waals surface area contributed by atoms with Gasteiger partial charge in [-0.2, -0.15) is 17.9 Å². The summed E-state index contributed by atoms with van der Waals surface area (Å²) in [7, 11) is -8.78. The largest absolute Gasteiger partial charge is 0.480 e. The van der Waals surface area contributed by atoms with Crippen LogP contribution in [-0.4, -0.2) is 89.3 Å². The first kappa shape index (κ1) is 50.7. The maximum absolute atomic E-state index is 13.8. The van der Waals surface area contributed by atoms with Gasteiger partial charge >= 0.3 is 5.97 Å². The number of carboxylic acids is 1. The van der Waals surface area contributed by atoms with Crippen molar-refractivity contribution >= 4 is 60.6 Å². The predicted molar refractivity (Wildman–Crippen MR) is 247 cm³/mol. The smallest absolute Gasteiger partial charge is 0.323 e. The molecule has 21 nitrogen and oxygen atoms in total. The van der Waals surface area contributed by atoms with Crippen LogP contribution in [0.1, 0.15) is 62.4 Å². The molecule has 67 heavy (non-hydrogen) atoms. The number of aliphatic carboxylic acids is 1. The monoisotopic (exact) mass is 968 g/mol. The van der Waals surface area contributed by atoms with Crippen molar-refractivity contribution in [2.24, 2.45) is 0 Å². The number of aromatic nitrogens is 4. The van der Waals surface area contributed by atoms with E-state index in [9.17, 15) is 50.9 Å². The number of nitrogens with one attached hydrogen (secondary N) is 6. The zero-order valence-electron chi connectivity index (χ0n) is 36.6. The minimum Gasteiger partial charge on any atom is -0.480 e. The average molecular weight is 969 g/mol. The van der Waals surface area contributed by atoms with E-state index in [1.165, 1.54) is 61.2 Å². The molecule has 0 aliphatic rings. The van der Waals surface area contributed by atoms with Crippen molar-refractivity contribution in [1.29, 1.82) is 1.45 Å². The normalized spacial score (nSPS) is 11.9. The Hall–Kier alpha value is -7.25. The maximum Gasteiger partial charge on any atom is 0.323 e. The molecule has 1 atom stereocenters. The highest BCUT2D eigenvalue weighted by atomic mass is 32.2. The third-order valence-corrected chi connectivity index (χ3v) is 12.8. The molecule has 0 bridgehead atoms. The number of anilines is 2. The first-order chi connectivity index (χ1) is 31.8. The first-order valence-electron chi connectivity index (χ1n) is 20.2. The highest BCUT2D eigenvalue weighted by Crippen LogP contribution is 2.22. The molecule has 0 fully saturated rings. The lowest BCUT2D eigenvalue weighted by Crippen LogP contribution is -2.49. The van der Waals surface area contributed by atoms with Crippen LogP contribution in [0.3, 0.4) is 0 Å². The van der Waals surface area contributed by atoms with E-state index >= 15 is 0 Å². The van der Waals surface area contributed by atoms with Crippen LogP contribution in [0.15, 0.2) is 106 Å². The molecule has 0 unspecified atom stereocenters. The summed E-state index contributed by atoms with van der Waals surface area (Å²) in [6.07, 6.45) is 5.68. The Balaban J connectivity index is 0.00000332. The van der Waals surface area contributed by atoms with Gasteiger partial charge in [-0.3, -0.25) is 28.4 Å². The molecular weight excluding hydrogens is 916 g/mol. The van der Waals surface area contributed by atoms with Gasteiger partial charge in [0.05, 0.1) is 33.3 Å². The number of benzene rings is 3. The number of amides is 2. The number of hydrazine groups is 1. The van der Waals surface area contributed by atoms with E-state index in [1.807, 2.05) is 0 Å². The SMILES string of the molecule is C.Cc1cc(C)c(S(=O)(=O)N[C@@H](CNC(=O)c2cn(CCCNC(=O)c3ccc(NNCc4ccccc4S(=O)(=O)O)nc3)c3cc(CNc4nccn4O)ccc3c2=O)C(=O)O)c(C)c1.[3H]F. The van der Waals surface area contributed by atoms with Crippen molar-refractivity contribution in [3.8, 4) is 0 Å². The molecule has 3 aromatic heterocycles. The Bertz CT molecular complexity index is 3040. The molecule has 0 radical (unpaired) electrons. The van der Waals surface area contributed by atoms with E-state index < -0.39 is 55.9 Å². The topological polar surface area (TPSA) is 305 Å². The zero-order chi connectivity index (χ0) is 49.1. The van der Waals surface area contributed by atoms with Gasteiger partial charge in [-0.15, -0.1) is 0 Å². The minimum atomic E-state index is -4.42. The third-order valence-electron chi connectivity index (χ3n) is 10.0. The van der Waals surface area contributed by atoms with E-state index in [0.717, 1.165) is 10.3 Å². The van der Waals surface area contributed by atoms with Crippen LogP contribution in [0.4, 0.5) is 16.5 Å². The molecule has 0 saturated heterocycles. The number of nitrogens with zero attached hydrogens (tertiary/aromatic N) is 4. The molecule has 0 saturated carbocycles. The number of aryl methyl sites for hydroxylation is 4. The highest BCUT2D eigenvalue weighted by molar-refractivity contribution is 7.89. The number of halogens is 1. The zero-order valence-corrected chi connectivity index (χ0v) is 37.2. The number of imidazole rings is 1. The summed E-state index contributed by atoms with van der Waals surface area (Å²) in [4.78, 5) is 60.6. The molecule has 6 rings (SSSR count). The minimum absolute atomic E-state index is 0. The van der Waals surface area contributed by atoms with Crippen LogP contribution in [0.5, 0.6) is 0 Å². The Morgan fingerprint density at radius 2 is 1.63 bits per heavy atom. The number of carbonyl (C=O) groups excluding carboxylic acids is 2. The van der Waals surface area contributed by atoms with E-state index in [-0.39, 0.29) is 65.9 Å². The van der Waals surface area contributed by atoms with E-state index in [1.54, 1.807) is 55.7 Å². The number of carbonyl (C=O) groups is 3. The Morgan fingerprint density at radius 3 is 2.27 bits per heavy atom. The Morgan fingerprint density at radius 1 is 0.910 bits per heavy atom. The van der Waals surface area contributed by atoms with Crippen molar-refractivity contribution < 1.29 is 50.8 Å². The standard InChI is InChI=1S/C42H46N10O11S2.CH4.FH/c1-25-17-26(2)38(27(3)18-25)64(59,60)50-33(41(56)57)23-46-40(55)32-24-51(34-19-28(9-11-31(34)37(32)53)20-47-42-44-14-16-52(42)58)15-6-13-43-39(54)30-10-12-36(45-21-30)49-48-22-29-7-4-5-8-35(29)65(61,62)63;;/h4-5,7-12,14,16-19,21,24,33,48,50,58H,6,13,15,20,22-23H2,1-3H3,(H,43,54)(H,44,47)(H,45,49)(H,46,55)(H,56,57)(H,61,62,63);1H4;1H/t33-;;/m0../s1/i/hT. The Kier molecular flexibility index (Phi) is 16.9. The average Bonchev–Trinajstić information content (AvgIpc) is 3.70. The second-order valence-electron chi connectivity index (χ2n) is 14.9. The summed E-state index contributed by atoms with van der Waals surface area (Å²) in [5.74, 6) is -2.46. The van der Waals surface area contributed by atoms with Gasteiger partial charge in [-0.25, -0.2) is 23.8 Å². The molecule has 3 aromatic carbocycles. The van der Waals surface area contributed by atoms with Gasteiger partial charge in [0.15, 0.2) is 0 Å². The number of hydrogen-bond donors (Lipinski definition) is 9. The Labute approximate surface area is 386 Å². The molecule has 6 aromatic rings. The molecule has 358 valence electrons. The van der Waals surface area contributed by atoms with Crippen LogP contribution in [0.25, 0.3) is 10.9 Å². The molecule has 2 amide bonds. The van der Waals surface area contributed by atoms with Crippen LogP contribution >= 0.6 is 0 Å². The van der Waals surface area contributed by atoms with Gasteiger partial charge in [0.2, 0.25) is 21.4 Å². The van der Waals surface area contributed by atoms with Crippen LogP contribution in [0.2, 0.25) is 0 Å². The lowest BCUT2D eigenvalue weighted by Gasteiger charge is -2.19. The van der Waals surface area contributed by atoms with Gasteiger partial charge in [-0.05, 0) is 79.8 Å².